The maximum atomic E-state index is 12.1. The van der Waals surface area contributed by atoms with Crippen molar-refractivity contribution in [3.05, 3.63) is 79.8 Å². The molecule has 2 aromatic heterocycles. The summed E-state index contributed by atoms with van der Waals surface area (Å²) in [5, 5.41) is 8.77. The molecule has 1 aliphatic rings. The molecule has 1 aliphatic heterocycles. The number of likely N-dealkylation sites (tertiary alicyclic amines) is 1. The molecule has 2 aromatic carbocycles. The predicted molar refractivity (Wildman–Crippen MR) is 127 cm³/mol. The van der Waals surface area contributed by atoms with Crippen molar-refractivity contribution in [2.24, 2.45) is 0 Å². The van der Waals surface area contributed by atoms with E-state index in [1.165, 1.54) is 12.4 Å². The number of hydrogen-bond acceptors (Lipinski definition) is 6. The second-order valence-corrected chi connectivity index (χ2v) is 7.90. The summed E-state index contributed by atoms with van der Waals surface area (Å²) in [6.07, 6.45) is 6.53. The average Bonchev–Trinajstić information content (AvgIpc) is 3.31. The Kier molecular flexibility index (Phi) is 5.72. The molecule has 1 N–H and O–H groups in total. The average molecular weight is 441 g/mol. The second kappa shape index (κ2) is 9.12. The molecule has 5 rings (SSSR count). The number of carbonyl (C=O) groups excluding carboxylic acids is 1. The summed E-state index contributed by atoms with van der Waals surface area (Å²) in [5.74, 6) is 2.17. The van der Waals surface area contributed by atoms with Crippen LogP contribution in [0.15, 0.2) is 79.8 Å². The van der Waals surface area contributed by atoms with Crippen molar-refractivity contribution in [1.82, 2.24) is 24.6 Å². The van der Waals surface area contributed by atoms with Crippen LogP contribution in [0.3, 0.4) is 0 Å². The fourth-order valence-electron chi connectivity index (χ4n) is 4.08. The molecule has 33 heavy (non-hydrogen) atoms. The molecule has 166 valence electrons. The lowest BCUT2D eigenvalue weighted by molar-refractivity contribution is -0.127. The van der Waals surface area contributed by atoms with Gasteiger partial charge in [-0.1, -0.05) is 24.8 Å². The Morgan fingerprint density at radius 1 is 1.09 bits per heavy atom. The Balaban J connectivity index is 1.34. The van der Waals surface area contributed by atoms with Crippen LogP contribution in [0.2, 0.25) is 0 Å². The maximum Gasteiger partial charge on any atom is 0.246 e. The predicted octanol–water partition coefficient (Wildman–Crippen LogP) is 4.71. The zero-order valence-corrected chi connectivity index (χ0v) is 18.1. The van der Waals surface area contributed by atoms with Crippen LogP contribution in [0.5, 0.6) is 11.5 Å². The number of piperidine rings is 1. The van der Waals surface area contributed by atoms with Gasteiger partial charge in [-0.05, 0) is 55.3 Å². The molecule has 1 amide bonds. The fourth-order valence-corrected chi connectivity index (χ4v) is 4.08. The molecule has 0 spiro atoms. The molecule has 0 bridgehead atoms. The first-order valence-electron chi connectivity index (χ1n) is 10.9. The van der Waals surface area contributed by atoms with Gasteiger partial charge in [0.15, 0.2) is 5.65 Å². The highest BCUT2D eigenvalue weighted by Gasteiger charge is 2.26. The van der Waals surface area contributed by atoms with Crippen molar-refractivity contribution in [1.29, 1.82) is 0 Å². The summed E-state index contributed by atoms with van der Waals surface area (Å²) >= 11 is 0. The summed E-state index contributed by atoms with van der Waals surface area (Å²) in [4.78, 5) is 22.8. The van der Waals surface area contributed by atoms with Crippen LogP contribution in [-0.4, -0.2) is 43.6 Å². The van der Waals surface area contributed by atoms with Gasteiger partial charge in [-0.15, -0.1) is 0 Å². The summed E-state index contributed by atoms with van der Waals surface area (Å²) in [6.45, 7) is 4.94. The lowest BCUT2D eigenvalue weighted by Gasteiger charge is -2.32. The van der Waals surface area contributed by atoms with Crippen molar-refractivity contribution in [2.75, 3.05) is 18.4 Å². The van der Waals surface area contributed by atoms with Crippen molar-refractivity contribution in [3.8, 4) is 11.5 Å². The number of rotatable bonds is 6. The number of ether oxygens (including phenoxy) is 1. The van der Waals surface area contributed by atoms with Gasteiger partial charge >= 0.3 is 0 Å². The van der Waals surface area contributed by atoms with Gasteiger partial charge in [0.1, 0.15) is 23.6 Å². The highest BCUT2D eigenvalue weighted by molar-refractivity contribution is 5.88. The van der Waals surface area contributed by atoms with Crippen molar-refractivity contribution >= 4 is 28.4 Å². The van der Waals surface area contributed by atoms with E-state index in [4.69, 9.17) is 4.74 Å². The molecule has 1 saturated heterocycles. The smallest absolute Gasteiger partial charge is 0.246 e. The Hall–Kier alpha value is -4.20. The molecule has 1 fully saturated rings. The molecule has 4 aromatic rings. The molecule has 1 unspecified atom stereocenters. The molecular formula is C25H24N6O2. The highest BCUT2D eigenvalue weighted by Crippen LogP contribution is 2.29. The zero-order valence-electron chi connectivity index (χ0n) is 18.1. The second-order valence-electron chi connectivity index (χ2n) is 7.90. The van der Waals surface area contributed by atoms with Crippen LogP contribution in [0.4, 0.5) is 11.5 Å². The van der Waals surface area contributed by atoms with Crippen LogP contribution >= 0.6 is 0 Å². The SMILES string of the molecule is C=CC(=O)N1CCCC(n2ncc3c(Nc4ccc(Oc5ccccc5)cc4)ncnc32)C1. The first-order chi connectivity index (χ1) is 16.2. The van der Waals surface area contributed by atoms with Crippen LogP contribution in [-0.2, 0) is 4.79 Å². The number of nitrogens with one attached hydrogen (secondary N) is 1. The lowest BCUT2D eigenvalue weighted by atomic mass is 10.1. The van der Waals surface area contributed by atoms with E-state index >= 15 is 0 Å². The number of aromatic nitrogens is 4. The minimum Gasteiger partial charge on any atom is -0.457 e. The van der Waals surface area contributed by atoms with E-state index in [2.05, 4.69) is 27.0 Å². The van der Waals surface area contributed by atoms with Crippen LogP contribution in [0, 0.1) is 0 Å². The van der Waals surface area contributed by atoms with E-state index in [-0.39, 0.29) is 11.9 Å². The third kappa shape index (κ3) is 4.41. The van der Waals surface area contributed by atoms with E-state index in [0.29, 0.717) is 12.4 Å². The lowest BCUT2D eigenvalue weighted by Crippen LogP contribution is -2.40. The van der Waals surface area contributed by atoms with E-state index in [0.717, 1.165) is 47.6 Å². The molecule has 0 radical (unpaired) electrons. The van der Waals surface area contributed by atoms with Gasteiger partial charge in [0, 0.05) is 18.8 Å². The summed E-state index contributed by atoms with van der Waals surface area (Å²) in [6, 6.07) is 17.4. The van der Waals surface area contributed by atoms with E-state index in [1.807, 2.05) is 64.2 Å². The van der Waals surface area contributed by atoms with E-state index in [1.54, 1.807) is 6.20 Å². The summed E-state index contributed by atoms with van der Waals surface area (Å²) in [5.41, 5.74) is 1.62. The molecule has 8 nitrogen and oxygen atoms in total. The number of anilines is 2. The standard InChI is InChI=1S/C25H24N6O2/c1-2-23(32)30-14-6-7-19(16-30)31-25-22(15-28-31)24(26-17-27-25)29-18-10-12-21(13-11-18)33-20-8-4-3-5-9-20/h2-5,8-13,15,17,19H,1,6-7,14,16H2,(H,26,27,29). The van der Waals surface area contributed by atoms with Crippen molar-refractivity contribution in [2.45, 2.75) is 18.9 Å². The minimum atomic E-state index is -0.0483. The van der Waals surface area contributed by atoms with Gasteiger partial charge in [-0.2, -0.15) is 5.10 Å². The maximum absolute atomic E-state index is 12.1. The van der Waals surface area contributed by atoms with Crippen molar-refractivity contribution < 1.29 is 9.53 Å². The third-order valence-corrected chi connectivity index (χ3v) is 5.72. The normalized spacial score (nSPS) is 15.9. The topological polar surface area (TPSA) is 85.2 Å². The molecule has 8 heteroatoms. The van der Waals surface area contributed by atoms with E-state index < -0.39 is 0 Å². The Morgan fingerprint density at radius 2 is 1.88 bits per heavy atom. The molecule has 0 aliphatic carbocycles. The van der Waals surface area contributed by atoms with Gasteiger partial charge in [-0.3, -0.25) is 4.79 Å². The molecule has 1 atom stereocenters. The number of nitrogens with zero attached hydrogens (tertiary/aromatic N) is 5. The van der Waals surface area contributed by atoms with Gasteiger partial charge in [0.05, 0.1) is 17.6 Å². The Labute approximate surface area is 191 Å². The fraction of sp³-hybridized carbons (Fsp3) is 0.200. The van der Waals surface area contributed by atoms with Gasteiger partial charge in [0.25, 0.3) is 0 Å². The van der Waals surface area contributed by atoms with Crippen molar-refractivity contribution in [3.63, 3.8) is 0 Å². The monoisotopic (exact) mass is 440 g/mol. The number of fused-ring (bicyclic) bond motifs is 1. The first-order valence-corrected chi connectivity index (χ1v) is 10.9. The minimum absolute atomic E-state index is 0.0483. The van der Waals surface area contributed by atoms with Crippen LogP contribution < -0.4 is 10.1 Å². The van der Waals surface area contributed by atoms with Crippen LogP contribution in [0.25, 0.3) is 11.0 Å². The molecular weight excluding hydrogens is 416 g/mol. The van der Waals surface area contributed by atoms with E-state index in [9.17, 15) is 4.79 Å². The highest BCUT2D eigenvalue weighted by atomic mass is 16.5. The first kappa shape index (κ1) is 20.7. The summed E-state index contributed by atoms with van der Waals surface area (Å²) in [7, 11) is 0. The summed E-state index contributed by atoms with van der Waals surface area (Å²) < 4.78 is 7.76. The number of para-hydroxylation sites is 1. The van der Waals surface area contributed by atoms with Gasteiger partial charge in [0.2, 0.25) is 5.91 Å². The number of amides is 1. The van der Waals surface area contributed by atoms with Gasteiger partial charge in [-0.25, -0.2) is 14.6 Å². The Morgan fingerprint density at radius 3 is 2.67 bits per heavy atom. The third-order valence-electron chi connectivity index (χ3n) is 5.72. The number of hydrogen-bond donors (Lipinski definition) is 1. The van der Waals surface area contributed by atoms with Gasteiger partial charge < -0.3 is 15.0 Å². The molecule has 0 saturated carbocycles. The molecule has 3 heterocycles. The van der Waals surface area contributed by atoms with Crippen LogP contribution in [0.1, 0.15) is 18.9 Å². The quantitative estimate of drug-likeness (QED) is 0.437. The zero-order chi connectivity index (χ0) is 22.6. The Bertz CT molecular complexity index is 1270. The number of carbonyl (C=O) groups is 1. The number of benzene rings is 2. The largest absolute Gasteiger partial charge is 0.457 e.